The first-order valence-electron chi connectivity index (χ1n) is 9.57. The molecule has 0 aliphatic rings. The number of hydrogen-bond acceptors (Lipinski definition) is 4. The van der Waals surface area contributed by atoms with Gasteiger partial charge in [-0.05, 0) is 55.2 Å². The van der Waals surface area contributed by atoms with E-state index < -0.39 is 0 Å². The molecule has 1 aromatic heterocycles. The van der Waals surface area contributed by atoms with Gasteiger partial charge in [-0.1, -0.05) is 44.2 Å². The van der Waals surface area contributed by atoms with E-state index in [1.54, 1.807) is 17.2 Å². The Hall–Kier alpha value is -3.21. The molecule has 5 heteroatoms. The van der Waals surface area contributed by atoms with Gasteiger partial charge in [-0.25, -0.2) is 9.97 Å². The van der Waals surface area contributed by atoms with Crippen molar-refractivity contribution in [1.29, 1.82) is 0 Å². The zero-order chi connectivity index (χ0) is 20.1. The molecule has 5 nitrogen and oxygen atoms in total. The van der Waals surface area contributed by atoms with Gasteiger partial charge in [-0.3, -0.25) is 4.79 Å². The number of anilines is 3. The maximum absolute atomic E-state index is 13.1. The molecule has 2 aromatic carbocycles. The molecular weight excluding hydrogens is 348 g/mol. The number of para-hydroxylation sites is 1. The average Bonchev–Trinajstić information content (AvgIpc) is 2.69. The van der Waals surface area contributed by atoms with Crippen LogP contribution in [0, 0.1) is 6.92 Å². The lowest BCUT2D eigenvalue weighted by molar-refractivity contribution is 0.0983. The Kier molecular flexibility index (Phi) is 6.04. The summed E-state index contributed by atoms with van der Waals surface area (Å²) < 4.78 is 0. The summed E-state index contributed by atoms with van der Waals surface area (Å²) in [4.78, 5) is 23.6. The molecule has 3 rings (SSSR count). The minimum absolute atomic E-state index is 0.143. The number of aryl methyl sites for hydroxylation is 1. The first-order valence-corrected chi connectivity index (χ1v) is 9.57. The molecule has 0 fully saturated rings. The smallest absolute Gasteiger partial charge is 0.277 e. The summed E-state index contributed by atoms with van der Waals surface area (Å²) in [6.45, 7) is 8.82. The molecule has 1 amide bonds. The van der Waals surface area contributed by atoms with E-state index in [1.807, 2.05) is 56.3 Å². The summed E-state index contributed by atoms with van der Waals surface area (Å²) in [5, 5.41) is 3.26. The largest absolute Gasteiger partial charge is 0.324 e. The lowest BCUT2D eigenvalue weighted by atomic mass is 10.0. The number of amides is 1. The second-order valence-corrected chi connectivity index (χ2v) is 7.02. The molecule has 1 N–H and O–H groups in total. The second kappa shape index (κ2) is 8.65. The van der Waals surface area contributed by atoms with Crippen LogP contribution in [0.4, 0.5) is 17.3 Å². The van der Waals surface area contributed by atoms with Gasteiger partial charge in [-0.15, -0.1) is 0 Å². The van der Waals surface area contributed by atoms with E-state index in [2.05, 4.69) is 35.2 Å². The summed E-state index contributed by atoms with van der Waals surface area (Å²) in [5.74, 6) is 0.639. The maximum atomic E-state index is 13.1. The van der Waals surface area contributed by atoms with Gasteiger partial charge in [0.1, 0.15) is 5.69 Å². The van der Waals surface area contributed by atoms with Gasteiger partial charge in [0.05, 0.1) is 0 Å². The van der Waals surface area contributed by atoms with Crippen LogP contribution in [0.5, 0.6) is 0 Å². The van der Waals surface area contributed by atoms with Crippen molar-refractivity contribution in [3.8, 4) is 0 Å². The van der Waals surface area contributed by atoms with E-state index in [0.717, 1.165) is 16.9 Å². The Balaban J connectivity index is 1.87. The average molecular weight is 374 g/mol. The Morgan fingerprint density at radius 3 is 2.61 bits per heavy atom. The van der Waals surface area contributed by atoms with Crippen LogP contribution in [-0.2, 0) is 0 Å². The normalized spacial score (nSPS) is 10.8. The van der Waals surface area contributed by atoms with E-state index in [1.165, 1.54) is 5.56 Å². The van der Waals surface area contributed by atoms with Crippen molar-refractivity contribution < 1.29 is 4.79 Å². The van der Waals surface area contributed by atoms with Crippen LogP contribution in [-0.4, -0.2) is 22.4 Å². The predicted molar refractivity (Wildman–Crippen MR) is 114 cm³/mol. The van der Waals surface area contributed by atoms with E-state index >= 15 is 0 Å². The van der Waals surface area contributed by atoms with Gasteiger partial charge in [0, 0.05) is 24.1 Å². The third kappa shape index (κ3) is 4.36. The molecule has 144 valence electrons. The van der Waals surface area contributed by atoms with Crippen LogP contribution < -0.4 is 10.2 Å². The zero-order valence-electron chi connectivity index (χ0n) is 16.8. The van der Waals surface area contributed by atoms with Crippen molar-refractivity contribution in [2.24, 2.45) is 0 Å². The number of carbonyl (C=O) groups excluding carboxylic acids is 1. The minimum Gasteiger partial charge on any atom is -0.324 e. The highest BCUT2D eigenvalue weighted by Gasteiger charge is 2.18. The summed E-state index contributed by atoms with van der Waals surface area (Å²) >= 11 is 0. The van der Waals surface area contributed by atoms with E-state index in [4.69, 9.17) is 0 Å². The van der Waals surface area contributed by atoms with Crippen LogP contribution in [0.2, 0.25) is 0 Å². The van der Waals surface area contributed by atoms with Gasteiger partial charge in [0.25, 0.3) is 5.91 Å². The first kappa shape index (κ1) is 19.5. The van der Waals surface area contributed by atoms with E-state index in [9.17, 15) is 4.79 Å². The summed E-state index contributed by atoms with van der Waals surface area (Å²) in [7, 11) is 0. The molecule has 0 aliphatic carbocycles. The number of carbonyl (C=O) groups is 1. The Labute approximate surface area is 166 Å². The maximum Gasteiger partial charge on any atom is 0.277 e. The number of nitrogens with one attached hydrogen (secondary N) is 1. The quantitative estimate of drug-likeness (QED) is 0.634. The molecule has 3 aromatic rings. The van der Waals surface area contributed by atoms with Crippen LogP contribution in [0.1, 0.15) is 48.3 Å². The third-order valence-electron chi connectivity index (χ3n) is 4.58. The molecule has 0 unspecified atom stereocenters. The molecule has 1 heterocycles. The molecule has 0 saturated heterocycles. The molecule has 0 atom stereocenters. The van der Waals surface area contributed by atoms with Gasteiger partial charge >= 0.3 is 0 Å². The van der Waals surface area contributed by atoms with Crippen molar-refractivity contribution in [1.82, 2.24) is 9.97 Å². The monoisotopic (exact) mass is 374 g/mol. The standard InChI is InChI=1S/C23H26N4O/c1-5-27(18-10-8-9-17(4)15-18)22(28)21-13-14-24-23(26-21)25-20-12-7-6-11-19(20)16(2)3/h6-16H,5H2,1-4H3,(H,24,25,26). The van der Waals surface area contributed by atoms with Crippen LogP contribution >= 0.6 is 0 Å². The summed E-state index contributed by atoms with van der Waals surface area (Å²) in [6, 6.07) is 17.6. The highest BCUT2D eigenvalue weighted by molar-refractivity contribution is 6.04. The number of aromatic nitrogens is 2. The van der Waals surface area contributed by atoms with Gasteiger partial charge in [0.15, 0.2) is 0 Å². The molecule has 0 spiro atoms. The Morgan fingerprint density at radius 1 is 1.11 bits per heavy atom. The van der Waals surface area contributed by atoms with E-state index in [-0.39, 0.29) is 5.91 Å². The fraction of sp³-hybridized carbons (Fsp3) is 0.261. The molecular formula is C23H26N4O. The van der Waals surface area contributed by atoms with Crippen LogP contribution in [0.15, 0.2) is 60.8 Å². The van der Waals surface area contributed by atoms with Crippen molar-refractivity contribution in [2.75, 3.05) is 16.8 Å². The lowest BCUT2D eigenvalue weighted by Gasteiger charge is -2.21. The molecule has 0 aliphatic heterocycles. The number of nitrogens with zero attached hydrogens (tertiary/aromatic N) is 3. The van der Waals surface area contributed by atoms with Crippen LogP contribution in [0.25, 0.3) is 0 Å². The molecule has 0 saturated carbocycles. The predicted octanol–water partition coefficient (Wildman–Crippen LogP) is 5.32. The molecule has 0 radical (unpaired) electrons. The summed E-state index contributed by atoms with van der Waals surface area (Å²) in [5.41, 5.74) is 4.47. The number of hydrogen-bond donors (Lipinski definition) is 1. The molecule has 28 heavy (non-hydrogen) atoms. The topological polar surface area (TPSA) is 58.1 Å². The van der Waals surface area contributed by atoms with Gasteiger partial charge in [0.2, 0.25) is 5.95 Å². The first-order chi connectivity index (χ1) is 13.5. The highest BCUT2D eigenvalue weighted by atomic mass is 16.2. The van der Waals surface area contributed by atoms with E-state index in [0.29, 0.717) is 24.1 Å². The van der Waals surface area contributed by atoms with Crippen LogP contribution in [0.3, 0.4) is 0 Å². The Bertz CT molecular complexity index is 968. The second-order valence-electron chi connectivity index (χ2n) is 7.02. The molecule has 0 bridgehead atoms. The SMILES string of the molecule is CCN(C(=O)c1ccnc(Nc2ccccc2C(C)C)n1)c1cccc(C)c1. The third-order valence-corrected chi connectivity index (χ3v) is 4.58. The van der Waals surface area contributed by atoms with Crippen molar-refractivity contribution in [3.63, 3.8) is 0 Å². The zero-order valence-corrected chi connectivity index (χ0v) is 16.8. The van der Waals surface area contributed by atoms with Gasteiger partial charge < -0.3 is 10.2 Å². The highest BCUT2D eigenvalue weighted by Crippen LogP contribution is 2.26. The fourth-order valence-electron chi connectivity index (χ4n) is 3.15. The van der Waals surface area contributed by atoms with Crippen molar-refractivity contribution in [3.05, 3.63) is 77.6 Å². The fourth-order valence-corrected chi connectivity index (χ4v) is 3.15. The lowest BCUT2D eigenvalue weighted by Crippen LogP contribution is -2.31. The minimum atomic E-state index is -0.143. The number of rotatable bonds is 6. The van der Waals surface area contributed by atoms with Gasteiger partial charge in [-0.2, -0.15) is 0 Å². The Morgan fingerprint density at radius 2 is 1.89 bits per heavy atom. The van der Waals surface area contributed by atoms with Crippen molar-refractivity contribution >= 4 is 23.2 Å². The number of benzene rings is 2. The van der Waals surface area contributed by atoms with Crippen molar-refractivity contribution in [2.45, 2.75) is 33.6 Å². The summed E-state index contributed by atoms with van der Waals surface area (Å²) in [6.07, 6.45) is 1.62.